The lowest BCUT2D eigenvalue weighted by atomic mass is 10.2. The molecular weight excluding hydrogens is 138 g/mol. The van der Waals surface area contributed by atoms with Crippen LogP contribution in [-0.4, -0.2) is 18.5 Å². The van der Waals surface area contributed by atoms with Crippen molar-refractivity contribution < 1.29 is 4.74 Å². The molecule has 11 heavy (non-hydrogen) atoms. The molecule has 0 saturated heterocycles. The molecule has 0 aliphatic carbocycles. The number of hydrogen-bond acceptors (Lipinski definition) is 2. The standard InChI is InChI=1S/C9H15NO/c1-4-5-8-6-11-9(10-8)7(2)3/h8H,2,4-6H2,1,3H3. The molecule has 0 N–H and O–H groups in total. The lowest BCUT2D eigenvalue weighted by molar-refractivity contribution is 0.311. The summed E-state index contributed by atoms with van der Waals surface area (Å²) in [4.78, 5) is 4.37. The molecule has 2 heteroatoms. The second kappa shape index (κ2) is 3.56. The Labute approximate surface area is 68.0 Å². The van der Waals surface area contributed by atoms with Gasteiger partial charge >= 0.3 is 0 Å². The molecule has 1 aliphatic rings. The minimum absolute atomic E-state index is 0.381. The van der Waals surface area contributed by atoms with E-state index in [0.717, 1.165) is 24.5 Å². The molecule has 0 radical (unpaired) electrons. The van der Waals surface area contributed by atoms with Gasteiger partial charge in [-0.2, -0.15) is 0 Å². The summed E-state index contributed by atoms with van der Waals surface area (Å²) in [6.07, 6.45) is 2.29. The SMILES string of the molecule is C=C(C)C1=NC(CCC)CO1. The second-order valence-corrected chi connectivity index (χ2v) is 2.97. The maximum atomic E-state index is 5.33. The van der Waals surface area contributed by atoms with Crippen LogP contribution in [0, 0.1) is 0 Å². The van der Waals surface area contributed by atoms with Gasteiger partial charge < -0.3 is 4.74 Å². The van der Waals surface area contributed by atoms with Crippen LogP contribution >= 0.6 is 0 Å². The highest BCUT2D eigenvalue weighted by atomic mass is 16.5. The zero-order chi connectivity index (χ0) is 8.27. The molecule has 62 valence electrons. The summed E-state index contributed by atoms with van der Waals surface area (Å²) in [6, 6.07) is 0.381. The van der Waals surface area contributed by atoms with Gasteiger partial charge in [0.15, 0.2) is 0 Å². The number of hydrogen-bond donors (Lipinski definition) is 0. The first kappa shape index (κ1) is 8.31. The van der Waals surface area contributed by atoms with E-state index in [1.807, 2.05) is 6.92 Å². The summed E-state index contributed by atoms with van der Waals surface area (Å²) in [5, 5.41) is 0. The monoisotopic (exact) mass is 153 g/mol. The van der Waals surface area contributed by atoms with E-state index in [1.165, 1.54) is 6.42 Å². The summed E-state index contributed by atoms with van der Waals surface area (Å²) in [5.41, 5.74) is 0.934. The van der Waals surface area contributed by atoms with Crippen molar-refractivity contribution in [2.45, 2.75) is 32.7 Å². The molecule has 2 nitrogen and oxygen atoms in total. The fourth-order valence-corrected chi connectivity index (χ4v) is 1.13. The topological polar surface area (TPSA) is 21.6 Å². The molecule has 1 unspecified atom stereocenters. The van der Waals surface area contributed by atoms with Crippen molar-refractivity contribution in [2.75, 3.05) is 6.61 Å². The van der Waals surface area contributed by atoms with Gasteiger partial charge in [0.25, 0.3) is 0 Å². The summed E-state index contributed by atoms with van der Waals surface area (Å²) < 4.78 is 5.33. The molecule has 1 heterocycles. The van der Waals surface area contributed by atoms with Crippen LogP contribution in [0.3, 0.4) is 0 Å². The average molecular weight is 153 g/mol. The lowest BCUT2D eigenvalue weighted by Crippen LogP contribution is -2.04. The first-order valence-corrected chi connectivity index (χ1v) is 4.10. The summed E-state index contributed by atoms with van der Waals surface area (Å²) in [7, 11) is 0. The van der Waals surface area contributed by atoms with Crippen molar-refractivity contribution >= 4 is 5.90 Å². The third-order valence-corrected chi connectivity index (χ3v) is 1.70. The molecule has 0 amide bonds. The van der Waals surface area contributed by atoms with Crippen molar-refractivity contribution in [1.82, 2.24) is 0 Å². The Kier molecular flexibility index (Phi) is 2.69. The maximum Gasteiger partial charge on any atom is 0.211 e. The zero-order valence-corrected chi connectivity index (χ0v) is 7.26. The molecule has 0 aromatic heterocycles. The van der Waals surface area contributed by atoms with Crippen LogP contribution in [0.15, 0.2) is 17.1 Å². The van der Waals surface area contributed by atoms with E-state index in [9.17, 15) is 0 Å². The highest BCUT2D eigenvalue weighted by Gasteiger charge is 2.17. The Hall–Kier alpha value is -0.790. The highest BCUT2D eigenvalue weighted by Crippen LogP contribution is 2.13. The van der Waals surface area contributed by atoms with E-state index >= 15 is 0 Å². The van der Waals surface area contributed by atoms with Crippen LogP contribution in [-0.2, 0) is 4.74 Å². The van der Waals surface area contributed by atoms with Gasteiger partial charge in [-0.15, -0.1) is 0 Å². The Balaban J connectivity index is 2.47. The maximum absolute atomic E-state index is 5.33. The van der Waals surface area contributed by atoms with Gasteiger partial charge in [0.1, 0.15) is 6.61 Å². The van der Waals surface area contributed by atoms with E-state index in [4.69, 9.17) is 4.74 Å². The molecule has 1 aliphatic heterocycles. The van der Waals surface area contributed by atoms with E-state index in [-0.39, 0.29) is 0 Å². The van der Waals surface area contributed by atoms with Gasteiger partial charge in [-0.3, -0.25) is 0 Å². The summed E-state index contributed by atoms with van der Waals surface area (Å²) in [5.74, 6) is 0.753. The molecule has 1 rings (SSSR count). The van der Waals surface area contributed by atoms with Gasteiger partial charge in [-0.25, -0.2) is 4.99 Å². The number of nitrogens with zero attached hydrogens (tertiary/aromatic N) is 1. The zero-order valence-electron chi connectivity index (χ0n) is 7.26. The smallest absolute Gasteiger partial charge is 0.211 e. The van der Waals surface area contributed by atoms with Crippen molar-refractivity contribution in [2.24, 2.45) is 4.99 Å². The number of ether oxygens (including phenoxy) is 1. The number of rotatable bonds is 3. The van der Waals surface area contributed by atoms with Gasteiger partial charge in [0.05, 0.1) is 6.04 Å². The molecule has 0 spiro atoms. The molecule has 0 bridgehead atoms. The molecule has 0 saturated carbocycles. The largest absolute Gasteiger partial charge is 0.475 e. The fraction of sp³-hybridized carbons (Fsp3) is 0.667. The Morgan fingerprint density at radius 1 is 1.82 bits per heavy atom. The van der Waals surface area contributed by atoms with Crippen LogP contribution in [0.25, 0.3) is 0 Å². The predicted octanol–water partition coefficient (Wildman–Crippen LogP) is 2.16. The van der Waals surface area contributed by atoms with Crippen LogP contribution < -0.4 is 0 Å². The van der Waals surface area contributed by atoms with Gasteiger partial charge in [-0.1, -0.05) is 19.9 Å². The van der Waals surface area contributed by atoms with Crippen LogP contribution in [0.1, 0.15) is 26.7 Å². The number of aliphatic imine (C=N–C) groups is 1. The fourth-order valence-electron chi connectivity index (χ4n) is 1.13. The average Bonchev–Trinajstić information content (AvgIpc) is 2.37. The van der Waals surface area contributed by atoms with E-state index in [0.29, 0.717) is 6.04 Å². The second-order valence-electron chi connectivity index (χ2n) is 2.97. The minimum Gasteiger partial charge on any atom is -0.475 e. The van der Waals surface area contributed by atoms with E-state index < -0.39 is 0 Å². The van der Waals surface area contributed by atoms with Crippen molar-refractivity contribution in [3.63, 3.8) is 0 Å². The molecule has 0 aromatic carbocycles. The summed E-state index contributed by atoms with van der Waals surface area (Å²) >= 11 is 0. The molecular formula is C9H15NO. The minimum atomic E-state index is 0.381. The third-order valence-electron chi connectivity index (χ3n) is 1.70. The van der Waals surface area contributed by atoms with Crippen LogP contribution in [0.2, 0.25) is 0 Å². The first-order chi connectivity index (χ1) is 5.24. The van der Waals surface area contributed by atoms with Gasteiger partial charge in [0.2, 0.25) is 5.90 Å². The molecule has 0 aromatic rings. The summed E-state index contributed by atoms with van der Waals surface area (Å²) in [6.45, 7) is 8.61. The van der Waals surface area contributed by atoms with Gasteiger partial charge in [-0.05, 0) is 13.3 Å². The van der Waals surface area contributed by atoms with Crippen LogP contribution in [0.5, 0.6) is 0 Å². The normalized spacial score (nSPS) is 22.7. The van der Waals surface area contributed by atoms with Crippen molar-refractivity contribution in [3.05, 3.63) is 12.2 Å². The highest BCUT2D eigenvalue weighted by molar-refractivity contribution is 5.93. The van der Waals surface area contributed by atoms with Crippen molar-refractivity contribution in [1.29, 1.82) is 0 Å². The molecule has 1 atom stereocenters. The predicted molar refractivity (Wildman–Crippen MR) is 46.9 cm³/mol. The van der Waals surface area contributed by atoms with E-state index in [1.54, 1.807) is 0 Å². The Morgan fingerprint density at radius 3 is 3.00 bits per heavy atom. The molecule has 0 fully saturated rings. The Bertz CT molecular complexity index is 184. The Morgan fingerprint density at radius 2 is 2.55 bits per heavy atom. The lowest BCUT2D eigenvalue weighted by Gasteiger charge is -1.99. The van der Waals surface area contributed by atoms with E-state index in [2.05, 4.69) is 18.5 Å². The quantitative estimate of drug-likeness (QED) is 0.609. The third kappa shape index (κ3) is 2.07. The van der Waals surface area contributed by atoms with Crippen molar-refractivity contribution in [3.8, 4) is 0 Å². The van der Waals surface area contributed by atoms with Crippen LogP contribution in [0.4, 0.5) is 0 Å². The van der Waals surface area contributed by atoms with Gasteiger partial charge in [0, 0.05) is 5.57 Å². The first-order valence-electron chi connectivity index (χ1n) is 4.10.